The van der Waals surface area contributed by atoms with Crippen LogP contribution in [-0.4, -0.2) is 45.7 Å². The fraction of sp³-hybridized carbons (Fsp3) is 0.636. The molecule has 2 rings (SSSR count). The fourth-order valence-electron chi connectivity index (χ4n) is 4.18. The van der Waals surface area contributed by atoms with Gasteiger partial charge in [-0.1, -0.05) is 58.0 Å². The van der Waals surface area contributed by atoms with E-state index in [4.69, 9.17) is 0 Å². The van der Waals surface area contributed by atoms with Crippen LogP contribution in [0.25, 0.3) is 0 Å². The average Bonchev–Trinajstić information content (AvgIpc) is 2.67. The van der Waals surface area contributed by atoms with Crippen molar-refractivity contribution < 1.29 is 19.8 Å². The zero-order valence-electron chi connectivity index (χ0n) is 16.9. The molecule has 0 aromatic heterocycles. The number of amides is 1. The van der Waals surface area contributed by atoms with Crippen molar-refractivity contribution >= 4 is 11.9 Å². The van der Waals surface area contributed by atoms with E-state index in [2.05, 4.69) is 6.92 Å². The molecule has 0 radical (unpaired) electrons. The number of aliphatic carboxylic acids is 1. The van der Waals surface area contributed by atoms with E-state index in [-0.39, 0.29) is 11.8 Å². The van der Waals surface area contributed by atoms with Crippen LogP contribution in [-0.2, 0) is 9.59 Å². The van der Waals surface area contributed by atoms with Gasteiger partial charge in [0.1, 0.15) is 12.1 Å². The van der Waals surface area contributed by atoms with Crippen LogP contribution >= 0.6 is 0 Å². The number of carboxylic acid groups (broad SMARTS) is 1. The molecule has 1 saturated heterocycles. The van der Waals surface area contributed by atoms with Crippen LogP contribution < -0.4 is 0 Å². The van der Waals surface area contributed by atoms with Gasteiger partial charge in [-0.3, -0.25) is 4.79 Å². The summed E-state index contributed by atoms with van der Waals surface area (Å²) in [6, 6.07) is 9.04. The number of piperidine rings is 1. The van der Waals surface area contributed by atoms with Gasteiger partial charge in [-0.2, -0.15) is 0 Å². The molecule has 4 atom stereocenters. The molecular formula is C22H33NO4. The zero-order valence-corrected chi connectivity index (χ0v) is 16.9. The van der Waals surface area contributed by atoms with Gasteiger partial charge in [0.2, 0.25) is 0 Å². The number of hydrogen-bond acceptors (Lipinski definition) is 3. The van der Waals surface area contributed by atoms with Crippen molar-refractivity contribution in [2.24, 2.45) is 11.3 Å². The Morgan fingerprint density at radius 1 is 1.22 bits per heavy atom. The van der Waals surface area contributed by atoms with Crippen LogP contribution in [0.1, 0.15) is 64.9 Å². The first-order valence-corrected chi connectivity index (χ1v) is 10.0. The molecule has 1 fully saturated rings. The molecule has 5 nitrogen and oxygen atoms in total. The Morgan fingerprint density at radius 3 is 2.37 bits per heavy atom. The molecule has 0 bridgehead atoms. The predicted molar refractivity (Wildman–Crippen MR) is 105 cm³/mol. The number of rotatable bonds is 7. The summed E-state index contributed by atoms with van der Waals surface area (Å²) in [7, 11) is 0. The van der Waals surface area contributed by atoms with Crippen LogP contribution in [0.5, 0.6) is 0 Å². The molecule has 150 valence electrons. The van der Waals surface area contributed by atoms with E-state index >= 15 is 0 Å². The Kier molecular flexibility index (Phi) is 7.04. The average molecular weight is 376 g/mol. The summed E-state index contributed by atoms with van der Waals surface area (Å²) in [5.41, 5.74) is 0.524. The molecular weight excluding hydrogens is 342 g/mol. The minimum atomic E-state index is -1.19. The van der Waals surface area contributed by atoms with Crippen molar-refractivity contribution in [1.82, 2.24) is 4.90 Å². The zero-order chi connectivity index (χ0) is 20.2. The molecule has 1 aromatic rings. The van der Waals surface area contributed by atoms with Crippen LogP contribution in [0.4, 0.5) is 0 Å². The highest BCUT2D eigenvalue weighted by atomic mass is 16.4. The summed E-state index contributed by atoms with van der Waals surface area (Å²) < 4.78 is 0. The summed E-state index contributed by atoms with van der Waals surface area (Å²) in [5.74, 6) is -1.53. The SMILES string of the molecule is CCC(c1ccccc1)C1CCCN(C(=O)C(O)C(C)(C)CC)C1C(=O)O. The largest absolute Gasteiger partial charge is 0.480 e. The number of carbonyl (C=O) groups is 2. The molecule has 0 aliphatic carbocycles. The number of aliphatic hydroxyl groups excluding tert-OH is 1. The topological polar surface area (TPSA) is 77.8 Å². The lowest BCUT2D eigenvalue weighted by Gasteiger charge is -2.44. The maximum Gasteiger partial charge on any atom is 0.326 e. The Hall–Kier alpha value is -1.88. The maximum absolute atomic E-state index is 13.0. The quantitative estimate of drug-likeness (QED) is 0.762. The van der Waals surface area contributed by atoms with Crippen LogP contribution in [0.15, 0.2) is 30.3 Å². The van der Waals surface area contributed by atoms with E-state index in [0.717, 1.165) is 24.8 Å². The van der Waals surface area contributed by atoms with Crippen molar-refractivity contribution in [3.05, 3.63) is 35.9 Å². The number of carboxylic acids is 1. The summed E-state index contributed by atoms with van der Waals surface area (Å²) in [6.45, 7) is 8.05. The minimum absolute atomic E-state index is 0.0687. The van der Waals surface area contributed by atoms with Crippen molar-refractivity contribution in [2.45, 2.75) is 71.4 Å². The molecule has 1 aliphatic heterocycles. The van der Waals surface area contributed by atoms with Gasteiger partial charge in [0.15, 0.2) is 0 Å². The predicted octanol–water partition coefficient (Wildman–Crippen LogP) is 3.67. The van der Waals surface area contributed by atoms with E-state index in [9.17, 15) is 19.8 Å². The second-order valence-corrected chi connectivity index (χ2v) is 8.29. The third-order valence-corrected chi connectivity index (χ3v) is 6.28. The second-order valence-electron chi connectivity index (χ2n) is 8.29. The molecule has 2 N–H and O–H groups in total. The van der Waals surface area contributed by atoms with Gasteiger partial charge < -0.3 is 15.1 Å². The van der Waals surface area contributed by atoms with E-state index in [1.165, 1.54) is 4.90 Å². The van der Waals surface area contributed by atoms with E-state index in [0.29, 0.717) is 13.0 Å². The molecule has 0 saturated carbocycles. The van der Waals surface area contributed by atoms with Gasteiger partial charge in [-0.25, -0.2) is 4.79 Å². The van der Waals surface area contributed by atoms with Crippen LogP contribution in [0, 0.1) is 11.3 Å². The van der Waals surface area contributed by atoms with Gasteiger partial charge in [0, 0.05) is 6.54 Å². The van der Waals surface area contributed by atoms with Crippen molar-refractivity contribution in [3.8, 4) is 0 Å². The van der Waals surface area contributed by atoms with Gasteiger partial charge in [0.05, 0.1) is 0 Å². The monoisotopic (exact) mass is 375 g/mol. The lowest BCUT2D eigenvalue weighted by Crippen LogP contribution is -2.58. The lowest BCUT2D eigenvalue weighted by molar-refractivity contribution is -0.163. The Bertz CT molecular complexity index is 643. The third-order valence-electron chi connectivity index (χ3n) is 6.28. The van der Waals surface area contributed by atoms with E-state index < -0.39 is 29.4 Å². The molecule has 1 aliphatic rings. The number of carbonyl (C=O) groups excluding carboxylic acids is 1. The molecule has 0 spiro atoms. The normalized spacial score (nSPS) is 22.9. The summed E-state index contributed by atoms with van der Waals surface area (Å²) >= 11 is 0. The van der Waals surface area contributed by atoms with Crippen molar-refractivity contribution in [3.63, 3.8) is 0 Å². The molecule has 4 unspecified atom stereocenters. The smallest absolute Gasteiger partial charge is 0.326 e. The third kappa shape index (κ3) is 4.52. The van der Waals surface area contributed by atoms with E-state index in [1.54, 1.807) is 0 Å². The number of hydrogen-bond donors (Lipinski definition) is 2. The first-order valence-electron chi connectivity index (χ1n) is 10.0. The lowest BCUT2D eigenvalue weighted by atomic mass is 9.74. The standard InChI is InChI=1S/C22H33NO4/c1-5-16(15-11-8-7-9-12-15)17-13-10-14-23(18(17)21(26)27)20(25)19(24)22(3,4)6-2/h7-9,11-12,16-19,24H,5-6,10,13-14H2,1-4H3,(H,26,27). The van der Waals surface area contributed by atoms with Gasteiger partial charge in [-0.05, 0) is 48.5 Å². The van der Waals surface area contributed by atoms with Gasteiger partial charge in [0.25, 0.3) is 5.91 Å². The number of likely N-dealkylation sites (tertiary alicyclic amines) is 1. The highest BCUT2D eigenvalue weighted by Crippen LogP contribution is 2.39. The van der Waals surface area contributed by atoms with E-state index in [1.807, 2.05) is 51.1 Å². The maximum atomic E-state index is 13.0. The fourth-order valence-corrected chi connectivity index (χ4v) is 4.18. The molecule has 1 amide bonds. The number of benzene rings is 1. The van der Waals surface area contributed by atoms with Crippen LogP contribution in [0.3, 0.4) is 0 Å². The number of nitrogens with zero attached hydrogens (tertiary/aromatic N) is 1. The molecule has 5 heteroatoms. The highest BCUT2D eigenvalue weighted by Gasteiger charge is 2.46. The number of aliphatic hydroxyl groups is 1. The summed E-state index contributed by atoms with van der Waals surface area (Å²) in [5, 5.41) is 20.6. The Labute approximate surface area is 162 Å². The first kappa shape index (κ1) is 21.4. The summed E-state index contributed by atoms with van der Waals surface area (Å²) in [6.07, 6.45) is 1.77. The van der Waals surface area contributed by atoms with Crippen molar-refractivity contribution in [1.29, 1.82) is 0 Å². The second kappa shape index (κ2) is 8.87. The molecule has 27 heavy (non-hydrogen) atoms. The summed E-state index contributed by atoms with van der Waals surface area (Å²) in [4.78, 5) is 26.6. The van der Waals surface area contributed by atoms with Crippen LogP contribution in [0.2, 0.25) is 0 Å². The molecule has 1 aromatic carbocycles. The Morgan fingerprint density at radius 2 is 1.85 bits per heavy atom. The molecule has 1 heterocycles. The minimum Gasteiger partial charge on any atom is -0.480 e. The van der Waals surface area contributed by atoms with Gasteiger partial charge >= 0.3 is 5.97 Å². The first-order chi connectivity index (χ1) is 12.7. The van der Waals surface area contributed by atoms with Gasteiger partial charge in [-0.15, -0.1) is 0 Å². The highest BCUT2D eigenvalue weighted by molar-refractivity contribution is 5.87. The van der Waals surface area contributed by atoms with Crippen molar-refractivity contribution in [2.75, 3.05) is 6.54 Å². The Balaban J connectivity index is 2.35.